The van der Waals surface area contributed by atoms with Gasteiger partial charge < -0.3 is 10.4 Å². The number of amides is 1. The quantitative estimate of drug-likeness (QED) is 0.821. The number of hydrogen-bond acceptors (Lipinski definition) is 2. The van der Waals surface area contributed by atoms with Gasteiger partial charge >= 0.3 is 0 Å². The minimum Gasteiger partial charge on any atom is -0.508 e. The van der Waals surface area contributed by atoms with Crippen molar-refractivity contribution in [1.29, 1.82) is 0 Å². The third-order valence-electron chi connectivity index (χ3n) is 3.34. The van der Waals surface area contributed by atoms with E-state index in [9.17, 15) is 4.79 Å². The molecule has 92 valence electrons. The molecule has 3 nitrogen and oxygen atoms in total. The van der Waals surface area contributed by atoms with Crippen molar-refractivity contribution in [1.82, 2.24) is 5.32 Å². The highest BCUT2D eigenvalue weighted by Gasteiger charge is 2.41. The number of phenolic OH excluding ortho intramolecular Hbond substituents is 1. The van der Waals surface area contributed by atoms with E-state index in [1.807, 2.05) is 0 Å². The Kier molecular flexibility index (Phi) is 3.72. The summed E-state index contributed by atoms with van der Waals surface area (Å²) in [5.74, 6) is 0.116. The summed E-state index contributed by atoms with van der Waals surface area (Å²) < 4.78 is 0. The Balaban J connectivity index is 1.87. The number of halogens is 1. The van der Waals surface area contributed by atoms with E-state index in [1.54, 1.807) is 12.1 Å². The summed E-state index contributed by atoms with van der Waals surface area (Å²) in [6.45, 7) is 0.748. The predicted octanol–water partition coefficient (Wildman–Crippen LogP) is 2.69. The van der Waals surface area contributed by atoms with Crippen LogP contribution in [0, 0.1) is 5.41 Å². The van der Waals surface area contributed by atoms with Gasteiger partial charge in [0.1, 0.15) is 5.75 Å². The van der Waals surface area contributed by atoms with Crippen LogP contribution < -0.4 is 5.32 Å². The van der Waals surface area contributed by atoms with E-state index in [0.29, 0.717) is 11.0 Å². The average molecular weight is 298 g/mol. The largest absolute Gasteiger partial charge is 0.508 e. The number of aromatic hydroxyl groups is 1. The van der Waals surface area contributed by atoms with Gasteiger partial charge in [0.2, 0.25) is 0 Å². The van der Waals surface area contributed by atoms with Crippen molar-refractivity contribution in [2.75, 3.05) is 11.9 Å². The minimum atomic E-state index is -0.0640. The first-order valence-corrected chi connectivity index (χ1v) is 6.91. The molecular weight excluding hydrogens is 282 g/mol. The van der Waals surface area contributed by atoms with Gasteiger partial charge in [0.15, 0.2) is 0 Å². The second kappa shape index (κ2) is 5.08. The summed E-state index contributed by atoms with van der Waals surface area (Å²) in [7, 11) is 0. The highest BCUT2D eigenvalue weighted by atomic mass is 79.9. The van der Waals surface area contributed by atoms with Gasteiger partial charge in [-0.3, -0.25) is 4.79 Å². The zero-order valence-electron chi connectivity index (χ0n) is 9.58. The molecule has 1 aliphatic rings. The molecule has 1 aromatic rings. The highest BCUT2D eigenvalue weighted by molar-refractivity contribution is 9.09. The summed E-state index contributed by atoms with van der Waals surface area (Å²) in [6, 6.07) is 6.32. The molecule has 0 saturated heterocycles. The molecule has 2 N–H and O–H groups in total. The Morgan fingerprint density at radius 3 is 2.53 bits per heavy atom. The van der Waals surface area contributed by atoms with Crippen molar-refractivity contribution in [2.45, 2.75) is 19.3 Å². The van der Waals surface area contributed by atoms with Crippen LogP contribution in [0.15, 0.2) is 24.3 Å². The molecule has 0 heterocycles. The number of alkyl halides is 1. The maximum absolute atomic E-state index is 11.8. The topological polar surface area (TPSA) is 49.3 Å². The molecular formula is C13H16BrNO2. The van der Waals surface area contributed by atoms with Crippen molar-refractivity contribution in [2.24, 2.45) is 5.41 Å². The first kappa shape index (κ1) is 12.4. The normalized spacial score (nSPS) is 16.5. The number of carbonyl (C=O) groups is 1. The smallest absolute Gasteiger partial charge is 0.251 e. The molecule has 1 saturated carbocycles. The van der Waals surface area contributed by atoms with Crippen LogP contribution in [0.5, 0.6) is 5.75 Å². The summed E-state index contributed by atoms with van der Waals surface area (Å²) in [5, 5.41) is 13.1. The van der Waals surface area contributed by atoms with E-state index in [2.05, 4.69) is 21.2 Å². The predicted molar refractivity (Wildman–Crippen MR) is 70.5 cm³/mol. The summed E-state index contributed by atoms with van der Waals surface area (Å²) >= 11 is 3.44. The van der Waals surface area contributed by atoms with Crippen LogP contribution in [0.3, 0.4) is 0 Å². The number of benzene rings is 1. The van der Waals surface area contributed by atoms with Crippen molar-refractivity contribution in [3.63, 3.8) is 0 Å². The van der Waals surface area contributed by atoms with Gasteiger partial charge in [-0.05, 0) is 48.9 Å². The number of rotatable bonds is 5. The molecule has 0 bridgehead atoms. The van der Waals surface area contributed by atoms with Crippen molar-refractivity contribution >= 4 is 21.8 Å². The second-order valence-corrected chi connectivity index (χ2v) is 5.46. The summed E-state index contributed by atoms with van der Waals surface area (Å²) in [4.78, 5) is 11.8. The Morgan fingerprint density at radius 1 is 1.35 bits per heavy atom. The molecule has 1 aliphatic carbocycles. The third-order valence-corrected chi connectivity index (χ3v) is 3.73. The summed E-state index contributed by atoms with van der Waals surface area (Å²) in [5.41, 5.74) is 0.924. The molecule has 0 aliphatic heterocycles. The number of hydrogen-bond donors (Lipinski definition) is 2. The van der Waals surface area contributed by atoms with E-state index in [4.69, 9.17) is 5.11 Å². The van der Waals surface area contributed by atoms with Crippen LogP contribution in [0.1, 0.15) is 29.6 Å². The lowest BCUT2D eigenvalue weighted by atomic mass is 10.0. The zero-order valence-corrected chi connectivity index (χ0v) is 11.2. The molecule has 0 unspecified atom stereocenters. The Labute approximate surface area is 109 Å². The van der Waals surface area contributed by atoms with Crippen molar-refractivity contribution < 1.29 is 9.90 Å². The Bertz CT molecular complexity index is 398. The monoisotopic (exact) mass is 297 g/mol. The molecule has 4 heteroatoms. The minimum absolute atomic E-state index is 0.0640. The van der Waals surface area contributed by atoms with Gasteiger partial charge in [-0.25, -0.2) is 0 Å². The van der Waals surface area contributed by atoms with Crippen LogP contribution in [0.4, 0.5) is 0 Å². The van der Waals surface area contributed by atoms with Crippen LogP contribution in [-0.4, -0.2) is 22.9 Å². The Hall–Kier alpha value is -1.03. The third kappa shape index (κ3) is 3.22. The fourth-order valence-electron chi connectivity index (χ4n) is 1.88. The van der Waals surface area contributed by atoms with E-state index < -0.39 is 0 Å². The molecule has 1 fully saturated rings. The van der Waals surface area contributed by atoms with Crippen molar-refractivity contribution in [3.05, 3.63) is 29.8 Å². The maximum Gasteiger partial charge on any atom is 0.251 e. The van der Waals surface area contributed by atoms with Gasteiger partial charge in [-0.1, -0.05) is 15.9 Å². The van der Waals surface area contributed by atoms with Gasteiger partial charge in [-0.2, -0.15) is 0 Å². The molecule has 0 atom stereocenters. The second-order valence-electron chi connectivity index (χ2n) is 4.67. The Morgan fingerprint density at radius 2 is 2.00 bits per heavy atom. The molecule has 0 aromatic heterocycles. The molecule has 0 spiro atoms. The lowest BCUT2D eigenvalue weighted by Crippen LogP contribution is -2.30. The van der Waals surface area contributed by atoms with E-state index >= 15 is 0 Å². The summed E-state index contributed by atoms with van der Waals surface area (Å²) in [6.07, 6.45) is 3.52. The van der Waals surface area contributed by atoms with Gasteiger partial charge in [0.25, 0.3) is 5.91 Å². The number of nitrogens with one attached hydrogen (secondary N) is 1. The van der Waals surface area contributed by atoms with Gasteiger partial charge in [-0.15, -0.1) is 0 Å². The molecule has 1 amide bonds. The van der Waals surface area contributed by atoms with Crippen molar-refractivity contribution in [3.8, 4) is 5.75 Å². The fraction of sp³-hybridized carbons (Fsp3) is 0.462. The van der Waals surface area contributed by atoms with E-state index in [0.717, 1.165) is 18.3 Å². The van der Waals surface area contributed by atoms with E-state index in [1.165, 1.54) is 25.0 Å². The standard InChI is InChI=1S/C13H16BrNO2/c14-8-7-13(5-6-13)9-15-12(17)10-1-3-11(16)4-2-10/h1-4,16H,5-9H2,(H,15,17). The highest BCUT2D eigenvalue weighted by Crippen LogP contribution is 2.48. The SMILES string of the molecule is O=C(NCC1(CCBr)CC1)c1ccc(O)cc1. The first-order chi connectivity index (χ1) is 8.15. The maximum atomic E-state index is 11.8. The number of carbonyl (C=O) groups excluding carboxylic acids is 1. The van der Waals surface area contributed by atoms with Gasteiger partial charge in [0.05, 0.1) is 0 Å². The van der Waals surface area contributed by atoms with Gasteiger partial charge in [0, 0.05) is 17.4 Å². The lowest BCUT2D eigenvalue weighted by molar-refractivity contribution is 0.0944. The first-order valence-electron chi connectivity index (χ1n) is 5.78. The molecule has 1 aromatic carbocycles. The van der Waals surface area contributed by atoms with Crippen LogP contribution in [0.2, 0.25) is 0 Å². The fourth-order valence-corrected chi connectivity index (χ4v) is 2.72. The zero-order chi connectivity index (χ0) is 12.3. The van der Waals surface area contributed by atoms with Crippen LogP contribution >= 0.6 is 15.9 Å². The van der Waals surface area contributed by atoms with Crippen LogP contribution in [0.25, 0.3) is 0 Å². The number of phenols is 1. The molecule has 2 rings (SSSR count). The molecule has 0 radical (unpaired) electrons. The van der Waals surface area contributed by atoms with Crippen LogP contribution in [-0.2, 0) is 0 Å². The van der Waals surface area contributed by atoms with E-state index in [-0.39, 0.29) is 11.7 Å². The average Bonchev–Trinajstić information content (AvgIpc) is 3.08. The molecule has 17 heavy (non-hydrogen) atoms. The lowest BCUT2D eigenvalue weighted by Gasteiger charge is -2.14.